The topological polar surface area (TPSA) is 61.8 Å². The van der Waals surface area contributed by atoms with Crippen molar-refractivity contribution in [2.75, 3.05) is 21.3 Å². The van der Waals surface area contributed by atoms with Gasteiger partial charge in [-0.05, 0) is 23.3 Å². The molecular formula is C21H22O5. The molecule has 5 nitrogen and oxygen atoms in total. The number of esters is 2. The first-order valence-electron chi connectivity index (χ1n) is 8.13. The van der Waals surface area contributed by atoms with E-state index < -0.39 is 23.8 Å². The predicted octanol–water partition coefficient (Wildman–Crippen LogP) is 3.45. The second kappa shape index (κ2) is 9.42. The minimum atomic E-state index is -1.10. The Morgan fingerprint density at radius 3 is 1.92 bits per heavy atom. The third kappa shape index (κ3) is 4.72. The summed E-state index contributed by atoms with van der Waals surface area (Å²) in [5.74, 6) is -2.24. The largest absolute Gasteiger partial charge is 0.497 e. The molecule has 0 fully saturated rings. The third-order valence-corrected chi connectivity index (χ3v) is 4.07. The van der Waals surface area contributed by atoms with Gasteiger partial charge in [-0.15, -0.1) is 0 Å². The van der Waals surface area contributed by atoms with E-state index in [2.05, 4.69) is 0 Å². The van der Waals surface area contributed by atoms with E-state index in [0.29, 0.717) is 5.75 Å². The van der Waals surface area contributed by atoms with E-state index in [-0.39, 0.29) is 0 Å². The van der Waals surface area contributed by atoms with E-state index in [0.717, 1.165) is 11.1 Å². The fourth-order valence-corrected chi connectivity index (χ4v) is 2.66. The highest BCUT2D eigenvalue weighted by Gasteiger charge is 2.36. The Morgan fingerprint density at radius 2 is 1.42 bits per heavy atom. The van der Waals surface area contributed by atoms with E-state index in [9.17, 15) is 9.59 Å². The summed E-state index contributed by atoms with van der Waals surface area (Å²) in [5, 5.41) is 0. The molecule has 2 aromatic rings. The van der Waals surface area contributed by atoms with Crippen LogP contribution in [0.25, 0.3) is 6.08 Å². The van der Waals surface area contributed by atoms with Crippen LogP contribution in [0.4, 0.5) is 0 Å². The Morgan fingerprint density at radius 1 is 0.846 bits per heavy atom. The van der Waals surface area contributed by atoms with Gasteiger partial charge in [0, 0.05) is 5.92 Å². The summed E-state index contributed by atoms with van der Waals surface area (Å²) in [6.07, 6.45) is 3.68. The van der Waals surface area contributed by atoms with Gasteiger partial charge >= 0.3 is 11.9 Å². The van der Waals surface area contributed by atoms with Gasteiger partial charge in [0.25, 0.3) is 0 Å². The minimum Gasteiger partial charge on any atom is -0.497 e. The molecule has 0 saturated carbocycles. The molecule has 2 aromatic carbocycles. The zero-order valence-electron chi connectivity index (χ0n) is 15.0. The van der Waals surface area contributed by atoms with Gasteiger partial charge in [0.15, 0.2) is 5.92 Å². The number of ether oxygens (including phenoxy) is 3. The molecule has 0 aliphatic rings. The standard InChI is InChI=1S/C21H22O5/c1-24-17-12-10-16(11-13-17)18(14-9-15-7-5-4-6-8-15)19(20(22)25-2)21(23)26-3/h4-14,18-19H,1-3H3/b14-9+. The lowest BCUT2D eigenvalue weighted by molar-refractivity contribution is -0.159. The number of benzene rings is 2. The van der Waals surface area contributed by atoms with Gasteiger partial charge in [0.1, 0.15) is 5.75 Å². The summed E-state index contributed by atoms with van der Waals surface area (Å²) >= 11 is 0. The maximum atomic E-state index is 12.3. The van der Waals surface area contributed by atoms with Crippen molar-refractivity contribution in [3.8, 4) is 5.75 Å². The quantitative estimate of drug-likeness (QED) is 0.563. The van der Waals surface area contributed by atoms with Crippen molar-refractivity contribution in [3.05, 3.63) is 71.8 Å². The van der Waals surface area contributed by atoms with Crippen LogP contribution in [0.15, 0.2) is 60.7 Å². The summed E-state index contributed by atoms with van der Waals surface area (Å²) < 4.78 is 14.8. The predicted molar refractivity (Wildman–Crippen MR) is 98.7 cm³/mol. The van der Waals surface area contributed by atoms with Crippen LogP contribution in [0.5, 0.6) is 5.75 Å². The summed E-state index contributed by atoms with van der Waals surface area (Å²) in [4.78, 5) is 24.6. The van der Waals surface area contributed by atoms with Crippen LogP contribution in [0.1, 0.15) is 17.0 Å². The van der Waals surface area contributed by atoms with Gasteiger partial charge in [0.2, 0.25) is 0 Å². The van der Waals surface area contributed by atoms with Crippen molar-refractivity contribution in [2.45, 2.75) is 5.92 Å². The first-order chi connectivity index (χ1) is 12.6. The molecule has 0 radical (unpaired) electrons. The Balaban J connectivity index is 2.46. The second-order valence-electron chi connectivity index (χ2n) is 5.59. The van der Waals surface area contributed by atoms with E-state index in [1.807, 2.05) is 54.6 Å². The van der Waals surface area contributed by atoms with Gasteiger partial charge < -0.3 is 14.2 Å². The molecule has 0 aromatic heterocycles. The Kier molecular flexibility index (Phi) is 6.97. The van der Waals surface area contributed by atoms with Crippen LogP contribution < -0.4 is 4.74 Å². The number of carbonyl (C=O) groups is 2. The highest BCUT2D eigenvalue weighted by Crippen LogP contribution is 2.30. The van der Waals surface area contributed by atoms with Crippen LogP contribution in [-0.2, 0) is 19.1 Å². The third-order valence-electron chi connectivity index (χ3n) is 4.07. The number of carbonyl (C=O) groups excluding carboxylic acids is 2. The number of allylic oxidation sites excluding steroid dienone is 1. The second-order valence-corrected chi connectivity index (χ2v) is 5.59. The molecule has 2 rings (SSSR count). The lowest BCUT2D eigenvalue weighted by Crippen LogP contribution is -2.31. The number of hydrogen-bond acceptors (Lipinski definition) is 5. The first kappa shape index (κ1) is 19.2. The van der Waals surface area contributed by atoms with E-state index in [1.54, 1.807) is 19.2 Å². The molecule has 0 bridgehead atoms. The molecule has 0 saturated heterocycles. The van der Waals surface area contributed by atoms with Crippen LogP contribution in [0.3, 0.4) is 0 Å². The van der Waals surface area contributed by atoms with Crippen LogP contribution in [0, 0.1) is 5.92 Å². The summed E-state index contributed by atoms with van der Waals surface area (Å²) in [6, 6.07) is 16.8. The van der Waals surface area contributed by atoms with Gasteiger partial charge in [-0.2, -0.15) is 0 Å². The van der Waals surface area contributed by atoms with Gasteiger partial charge in [0.05, 0.1) is 21.3 Å². The fourth-order valence-electron chi connectivity index (χ4n) is 2.66. The number of rotatable bonds is 7. The highest BCUT2D eigenvalue weighted by atomic mass is 16.5. The van der Waals surface area contributed by atoms with Gasteiger partial charge in [-0.3, -0.25) is 9.59 Å². The summed E-state index contributed by atoms with van der Waals surface area (Å²) in [5.41, 5.74) is 1.73. The summed E-state index contributed by atoms with van der Waals surface area (Å²) in [6.45, 7) is 0. The molecule has 0 amide bonds. The zero-order chi connectivity index (χ0) is 18.9. The number of methoxy groups -OCH3 is 3. The van der Waals surface area contributed by atoms with Crippen molar-refractivity contribution >= 4 is 18.0 Å². The monoisotopic (exact) mass is 354 g/mol. The van der Waals surface area contributed by atoms with Crippen molar-refractivity contribution < 1.29 is 23.8 Å². The van der Waals surface area contributed by atoms with E-state index in [4.69, 9.17) is 14.2 Å². The molecule has 0 N–H and O–H groups in total. The molecule has 0 heterocycles. The maximum Gasteiger partial charge on any atom is 0.321 e. The Hall–Kier alpha value is -3.08. The molecule has 1 atom stereocenters. The Labute approximate surface area is 153 Å². The lowest BCUT2D eigenvalue weighted by atomic mass is 9.85. The van der Waals surface area contributed by atoms with E-state index in [1.165, 1.54) is 14.2 Å². The Bertz CT molecular complexity index is 734. The summed E-state index contributed by atoms with van der Waals surface area (Å²) in [7, 11) is 4.09. The van der Waals surface area contributed by atoms with Crippen LogP contribution in [0.2, 0.25) is 0 Å². The van der Waals surface area contributed by atoms with Crippen LogP contribution in [-0.4, -0.2) is 33.3 Å². The van der Waals surface area contributed by atoms with Crippen molar-refractivity contribution in [3.63, 3.8) is 0 Å². The molecule has 26 heavy (non-hydrogen) atoms. The number of hydrogen-bond donors (Lipinski definition) is 0. The van der Waals surface area contributed by atoms with Gasteiger partial charge in [-0.25, -0.2) is 0 Å². The molecule has 0 spiro atoms. The maximum absolute atomic E-state index is 12.3. The normalized spacial score (nSPS) is 12.0. The van der Waals surface area contributed by atoms with Crippen molar-refractivity contribution in [2.24, 2.45) is 5.92 Å². The average Bonchev–Trinajstić information content (AvgIpc) is 2.71. The first-order valence-corrected chi connectivity index (χ1v) is 8.13. The minimum absolute atomic E-state index is 0.541. The van der Waals surface area contributed by atoms with E-state index >= 15 is 0 Å². The molecule has 5 heteroatoms. The molecule has 136 valence electrons. The van der Waals surface area contributed by atoms with Gasteiger partial charge in [-0.1, -0.05) is 54.6 Å². The molecule has 0 aliphatic carbocycles. The van der Waals surface area contributed by atoms with Crippen molar-refractivity contribution in [1.82, 2.24) is 0 Å². The average molecular weight is 354 g/mol. The molecular weight excluding hydrogens is 332 g/mol. The van der Waals surface area contributed by atoms with Crippen molar-refractivity contribution in [1.29, 1.82) is 0 Å². The molecule has 1 unspecified atom stereocenters. The lowest BCUT2D eigenvalue weighted by Gasteiger charge is -2.21. The SMILES string of the molecule is COC(=O)C(C(=O)OC)C(/C=C/c1ccccc1)c1ccc(OC)cc1. The molecule has 0 aliphatic heterocycles. The zero-order valence-corrected chi connectivity index (χ0v) is 15.0. The smallest absolute Gasteiger partial charge is 0.321 e. The van der Waals surface area contributed by atoms with Crippen LogP contribution >= 0.6 is 0 Å². The fraction of sp³-hybridized carbons (Fsp3) is 0.238. The highest BCUT2D eigenvalue weighted by molar-refractivity contribution is 5.96.